The highest BCUT2D eigenvalue weighted by Crippen LogP contribution is 2.47. The number of nitrogens with zero attached hydrogens (tertiary/aromatic N) is 3. The summed E-state index contributed by atoms with van der Waals surface area (Å²) in [4.78, 5) is 9.09. The number of aryl methyl sites for hydroxylation is 1. The molecule has 2 aromatic heterocycles. The lowest BCUT2D eigenvalue weighted by molar-refractivity contribution is 0.250. The first kappa shape index (κ1) is 11.0. The Morgan fingerprint density at radius 2 is 2.06 bits per heavy atom. The highest BCUT2D eigenvalue weighted by Gasteiger charge is 2.38. The molecule has 1 fully saturated rings. The van der Waals surface area contributed by atoms with Gasteiger partial charge in [0, 0.05) is 18.1 Å². The molecular weight excluding hydrogens is 290 g/mol. The van der Waals surface area contributed by atoms with Crippen molar-refractivity contribution < 1.29 is 0 Å². The Morgan fingerprint density at radius 3 is 2.89 bits per heavy atom. The van der Waals surface area contributed by atoms with Gasteiger partial charge < -0.3 is 0 Å². The van der Waals surface area contributed by atoms with E-state index in [0.717, 1.165) is 16.7 Å². The fraction of sp³-hybridized carbons (Fsp3) is 0.571. The van der Waals surface area contributed by atoms with E-state index in [1.807, 2.05) is 6.20 Å². The highest BCUT2D eigenvalue weighted by atomic mass is 79.9. The molecule has 0 unspecified atom stereocenters. The van der Waals surface area contributed by atoms with E-state index in [9.17, 15) is 0 Å². The number of hydrogen-bond donors (Lipinski definition) is 0. The summed E-state index contributed by atoms with van der Waals surface area (Å²) in [6.45, 7) is 0. The van der Waals surface area contributed by atoms with Crippen LogP contribution in [0.15, 0.2) is 16.9 Å². The maximum atomic E-state index is 4.68. The van der Waals surface area contributed by atoms with Crippen molar-refractivity contribution in [2.45, 2.75) is 44.9 Å². The summed E-state index contributed by atoms with van der Waals surface area (Å²) >= 11 is 3.51. The number of fused-ring (bicyclic) bond motifs is 3. The van der Waals surface area contributed by atoms with E-state index in [-0.39, 0.29) is 0 Å². The van der Waals surface area contributed by atoms with E-state index in [1.54, 1.807) is 0 Å². The molecule has 1 spiro atoms. The number of hydrogen-bond acceptors (Lipinski definition) is 2. The van der Waals surface area contributed by atoms with Crippen molar-refractivity contribution in [1.29, 1.82) is 0 Å². The fourth-order valence-corrected chi connectivity index (χ4v) is 4.08. The van der Waals surface area contributed by atoms with Gasteiger partial charge in [0.2, 0.25) is 5.78 Å². The minimum atomic E-state index is 0.575. The van der Waals surface area contributed by atoms with Crippen LogP contribution >= 0.6 is 15.9 Å². The van der Waals surface area contributed by atoms with Crippen LogP contribution in [0.25, 0.3) is 5.78 Å². The van der Waals surface area contributed by atoms with Gasteiger partial charge in [-0.05, 0) is 53.4 Å². The van der Waals surface area contributed by atoms with Gasteiger partial charge in [-0.25, -0.2) is 9.97 Å². The molecular formula is C14H16BrN3. The third-order valence-electron chi connectivity index (χ3n) is 4.73. The van der Waals surface area contributed by atoms with Crippen LogP contribution in [0, 0.1) is 5.41 Å². The maximum absolute atomic E-state index is 4.68. The zero-order valence-electron chi connectivity index (χ0n) is 10.3. The normalized spacial score (nSPS) is 21.6. The molecule has 0 atom stereocenters. The summed E-state index contributed by atoms with van der Waals surface area (Å²) in [5, 5.41) is 0. The van der Waals surface area contributed by atoms with Crippen LogP contribution in [0.1, 0.15) is 43.5 Å². The number of rotatable bonds is 0. The molecule has 94 valence electrons. The Kier molecular flexibility index (Phi) is 2.31. The van der Waals surface area contributed by atoms with Crippen LogP contribution < -0.4 is 0 Å². The summed E-state index contributed by atoms with van der Waals surface area (Å²) in [5.74, 6) is 0.859. The molecule has 2 aromatic rings. The van der Waals surface area contributed by atoms with Gasteiger partial charge in [-0.2, -0.15) is 0 Å². The summed E-state index contributed by atoms with van der Waals surface area (Å²) in [6, 6.07) is 0. The highest BCUT2D eigenvalue weighted by molar-refractivity contribution is 9.10. The fourth-order valence-electron chi connectivity index (χ4n) is 3.77. The molecule has 4 rings (SSSR count). The van der Waals surface area contributed by atoms with Crippen LogP contribution in [-0.2, 0) is 12.8 Å². The smallest absolute Gasteiger partial charge is 0.234 e. The van der Waals surface area contributed by atoms with Crippen molar-refractivity contribution in [3.05, 3.63) is 28.3 Å². The molecule has 0 amide bonds. The molecule has 2 aliphatic rings. The van der Waals surface area contributed by atoms with E-state index in [1.165, 1.54) is 49.9 Å². The molecule has 18 heavy (non-hydrogen) atoms. The molecule has 0 aromatic carbocycles. The van der Waals surface area contributed by atoms with Crippen LogP contribution in [0.3, 0.4) is 0 Å². The molecule has 0 saturated heterocycles. The Morgan fingerprint density at radius 1 is 1.22 bits per heavy atom. The zero-order chi connectivity index (χ0) is 12.2. The van der Waals surface area contributed by atoms with Crippen LogP contribution in [0.2, 0.25) is 0 Å². The lowest BCUT2D eigenvalue weighted by atomic mass is 9.73. The van der Waals surface area contributed by atoms with E-state index < -0.39 is 0 Å². The maximum Gasteiger partial charge on any atom is 0.234 e. The van der Waals surface area contributed by atoms with Crippen LogP contribution in [0.4, 0.5) is 0 Å². The van der Waals surface area contributed by atoms with Gasteiger partial charge in [0.1, 0.15) is 0 Å². The van der Waals surface area contributed by atoms with Crippen molar-refractivity contribution in [3.63, 3.8) is 0 Å². The van der Waals surface area contributed by atoms with Gasteiger partial charge in [0.05, 0.1) is 10.2 Å². The number of imidazole rings is 1. The first-order chi connectivity index (χ1) is 8.76. The summed E-state index contributed by atoms with van der Waals surface area (Å²) in [6.07, 6.45) is 13.2. The third-order valence-corrected chi connectivity index (χ3v) is 5.14. The molecule has 4 heteroatoms. The van der Waals surface area contributed by atoms with Crippen molar-refractivity contribution in [3.8, 4) is 0 Å². The topological polar surface area (TPSA) is 30.2 Å². The second kappa shape index (κ2) is 3.80. The average Bonchev–Trinajstić information content (AvgIpc) is 2.95. The van der Waals surface area contributed by atoms with Gasteiger partial charge in [0.15, 0.2) is 0 Å². The second-order valence-electron chi connectivity index (χ2n) is 5.83. The largest absolute Gasteiger partial charge is 0.287 e. The van der Waals surface area contributed by atoms with Crippen LogP contribution in [-0.4, -0.2) is 14.4 Å². The molecule has 0 radical (unpaired) electrons. The molecule has 0 bridgehead atoms. The number of aromatic nitrogens is 3. The SMILES string of the molecule is Brc1cnc2nc3c(n2c1)CC1(CCCC1)CC3. The Hall–Kier alpha value is -0.900. The van der Waals surface area contributed by atoms with Gasteiger partial charge in [-0.3, -0.25) is 4.40 Å². The summed E-state index contributed by atoms with van der Waals surface area (Å²) in [7, 11) is 0. The molecule has 0 N–H and O–H groups in total. The second-order valence-corrected chi connectivity index (χ2v) is 6.75. The third kappa shape index (κ3) is 1.54. The predicted molar refractivity (Wildman–Crippen MR) is 73.6 cm³/mol. The van der Waals surface area contributed by atoms with Gasteiger partial charge in [0.25, 0.3) is 0 Å². The molecule has 3 nitrogen and oxygen atoms in total. The lowest BCUT2D eigenvalue weighted by Crippen LogP contribution is -2.26. The van der Waals surface area contributed by atoms with Gasteiger partial charge in [-0.1, -0.05) is 12.8 Å². The van der Waals surface area contributed by atoms with E-state index >= 15 is 0 Å². The standard InChI is InChI=1S/C14H16BrN3/c15-10-8-16-13-17-11-3-6-14(4-1-2-5-14)7-12(11)18(13)9-10/h8-9H,1-7H2. The van der Waals surface area contributed by atoms with Crippen molar-refractivity contribution in [2.75, 3.05) is 0 Å². The lowest BCUT2D eigenvalue weighted by Gasteiger charge is -2.32. The predicted octanol–water partition coefficient (Wildman–Crippen LogP) is 3.54. The molecule has 2 aliphatic carbocycles. The van der Waals surface area contributed by atoms with Crippen molar-refractivity contribution >= 4 is 21.7 Å². The average molecular weight is 306 g/mol. The first-order valence-electron chi connectivity index (χ1n) is 6.77. The zero-order valence-corrected chi connectivity index (χ0v) is 11.9. The van der Waals surface area contributed by atoms with E-state index in [0.29, 0.717) is 5.41 Å². The minimum absolute atomic E-state index is 0.575. The van der Waals surface area contributed by atoms with E-state index in [2.05, 4.69) is 36.5 Å². The Balaban J connectivity index is 1.86. The molecule has 1 saturated carbocycles. The Labute approximate surface area is 115 Å². The summed E-state index contributed by atoms with van der Waals surface area (Å²) < 4.78 is 3.22. The van der Waals surface area contributed by atoms with E-state index in [4.69, 9.17) is 0 Å². The molecule has 2 heterocycles. The first-order valence-corrected chi connectivity index (χ1v) is 7.57. The van der Waals surface area contributed by atoms with Gasteiger partial charge >= 0.3 is 0 Å². The monoisotopic (exact) mass is 305 g/mol. The summed E-state index contributed by atoms with van der Waals surface area (Å²) in [5.41, 5.74) is 3.26. The van der Waals surface area contributed by atoms with Gasteiger partial charge in [-0.15, -0.1) is 0 Å². The Bertz CT molecular complexity index is 611. The minimum Gasteiger partial charge on any atom is -0.287 e. The van der Waals surface area contributed by atoms with Crippen LogP contribution in [0.5, 0.6) is 0 Å². The van der Waals surface area contributed by atoms with Crippen molar-refractivity contribution in [1.82, 2.24) is 14.4 Å². The quantitative estimate of drug-likeness (QED) is 0.745. The van der Waals surface area contributed by atoms with Crippen molar-refractivity contribution in [2.24, 2.45) is 5.41 Å². The molecule has 0 aliphatic heterocycles. The number of halogens is 1.